The lowest BCUT2D eigenvalue weighted by Gasteiger charge is -2.43. The Balaban J connectivity index is 1.43. The van der Waals surface area contributed by atoms with E-state index in [2.05, 4.69) is 109 Å². The molecule has 0 aromatic heterocycles. The largest absolute Gasteiger partial charge is 0.405 e. The van der Waals surface area contributed by atoms with E-state index in [1.807, 2.05) is 24.3 Å². The SMILES string of the molecule is CC(C)(C)[Si](OC[C@@H]1O[C@@H]1CCC#Cc1ccc(Br)cc1)(c1ccccc1)c1ccccc1. The van der Waals surface area contributed by atoms with Gasteiger partial charge >= 0.3 is 0 Å². The van der Waals surface area contributed by atoms with Crippen LogP contribution in [0.1, 0.15) is 39.2 Å². The summed E-state index contributed by atoms with van der Waals surface area (Å²) in [6.45, 7) is 7.55. The first-order chi connectivity index (χ1) is 15.9. The molecule has 0 spiro atoms. The highest BCUT2D eigenvalue weighted by Crippen LogP contribution is 2.38. The Bertz CT molecular complexity index is 1060. The van der Waals surface area contributed by atoms with Crippen LogP contribution in [0.3, 0.4) is 0 Å². The lowest BCUT2D eigenvalue weighted by atomic mass is 10.2. The third-order valence-corrected chi connectivity index (χ3v) is 11.7. The van der Waals surface area contributed by atoms with Crippen molar-refractivity contribution in [2.75, 3.05) is 6.61 Å². The van der Waals surface area contributed by atoms with Crippen LogP contribution in [-0.4, -0.2) is 27.1 Å². The number of halogens is 1. The van der Waals surface area contributed by atoms with Crippen molar-refractivity contribution in [2.45, 2.75) is 50.9 Å². The van der Waals surface area contributed by atoms with Crippen LogP contribution < -0.4 is 10.4 Å². The zero-order valence-electron chi connectivity index (χ0n) is 19.6. The van der Waals surface area contributed by atoms with E-state index in [1.165, 1.54) is 10.4 Å². The standard InChI is InChI=1S/C29H31BrO2Si/c1-29(2,3)33(25-13-6-4-7-14-25,26-15-8-5-9-16-26)31-22-28-27(32-28)17-11-10-12-23-18-20-24(30)21-19-23/h4-9,13-16,18-21,27-28H,11,17,22H2,1-3H3/t27-,28+/m1/s1. The smallest absolute Gasteiger partial charge is 0.261 e. The van der Waals surface area contributed by atoms with E-state index < -0.39 is 8.32 Å². The lowest BCUT2D eigenvalue weighted by Crippen LogP contribution is -2.66. The molecule has 170 valence electrons. The summed E-state index contributed by atoms with van der Waals surface area (Å²) in [7, 11) is -2.50. The van der Waals surface area contributed by atoms with Crippen molar-refractivity contribution < 1.29 is 9.16 Å². The van der Waals surface area contributed by atoms with Crippen molar-refractivity contribution in [3.05, 3.63) is 95.0 Å². The lowest BCUT2D eigenvalue weighted by molar-refractivity contribution is 0.247. The van der Waals surface area contributed by atoms with Crippen molar-refractivity contribution in [3.8, 4) is 11.8 Å². The van der Waals surface area contributed by atoms with Crippen molar-refractivity contribution in [1.29, 1.82) is 0 Å². The van der Waals surface area contributed by atoms with Crippen LogP contribution in [-0.2, 0) is 9.16 Å². The monoisotopic (exact) mass is 518 g/mol. The molecule has 33 heavy (non-hydrogen) atoms. The third kappa shape index (κ3) is 5.67. The van der Waals surface area contributed by atoms with Crippen LogP contribution in [0, 0.1) is 11.8 Å². The summed E-state index contributed by atoms with van der Waals surface area (Å²) in [5, 5.41) is 2.60. The van der Waals surface area contributed by atoms with E-state index >= 15 is 0 Å². The average Bonchev–Trinajstić information content (AvgIpc) is 3.57. The van der Waals surface area contributed by atoms with Gasteiger partial charge in [-0.2, -0.15) is 0 Å². The Morgan fingerprint density at radius 1 is 0.848 bits per heavy atom. The van der Waals surface area contributed by atoms with Crippen molar-refractivity contribution in [2.24, 2.45) is 0 Å². The minimum absolute atomic E-state index is 0.0176. The van der Waals surface area contributed by atoms with Gasteiger partial charge in [0.2, 0.25) is 0 Å². The fourth-order valence-electron chi connectivity index (χ4n) is 4.46. The Hall–Kier alpha value is -2.16. The van der Waals surface area contributed by atoms with E-state index in [-0.39, 0.29) is 17.2 Å². The van der Waals surface area contributed by atoms with Gasteiger partial charge in [0.25, 0.3) is 8.32 Å². The van der Waals surface area contributed by atoms with Gasteiger partial charge in [-0.3, -0.25) is 0 Å². The molecule has 2 atom stereocenters. The maximum atomic E-state index is 6.98. The van der Waals surface area contributed by atoms with Gasteiger partial charge in [0.1, 0.15) is 6.10 Å². The third-order valence-electron chi connectivity index (χ3n) is 6.20. The summed E-state index contributed by atoms with van der Waals surface area (Å²) < 4.78 is 14.0. The van der Waals surface area contributed by atoms with Gasteiger partial charge in [0.15, 0.2) is 0 Å². The summed E-state index contributed by atoms with van der Waals surface area (Å²) in [4.78, 5) is 0. The van der Waals surface area contributed by atoms with Gasteiger partial charge in [0.05, 0.1) is 12.7 Å². The van der Waals surface area contributed by atoms with Crippen LogP contribution in [0.5, 0.6) is 0 Å². The van der Waals surface area contributed by atoms with Gasteiger partial charge in [-0.05, 0) is 46.1 Å². The van der Waals surface area contributed by atoms with Crippen molar-refractivity contribution >= 4 is 34.6 Å². The normalized spacial score (nSPS) is 17.8. The van der Waals surface area contributed by atoms with E-state index in [0.717, 1.165) is 22.9 Å². The second-order valence-electron chi connectivity index (χ2n) is 9.53. The molecule has 3 aromatic rings. The molecule has 0 bridgehead atoms. The molecule has 0 amide bonds. The highest BCUT2D eigenvalue weighted by molar-refractivity contribution is 9.10. The van der Waals surface area contributed by atoms with Gasteiger partial charge in [0, 0.05) is 16.5 Å². The number of hydrogen-bond acceptors (Lipinski definition) is 2. The predicted molar refractivity (Wildman–Crippen MR) is 142 cm³/mol. The second kappa shape index (κ2) is 10.4. The zero-order valence-corrected chi connectivity index (χ0v) is 22.1. The number of epoxide rings is 1. The molecule has 4 heteroatoms. The van der Waals surface area contributed by atoms with Gasteiger partial charge in [-0.1, -0.05) is 109 Å². The summed E-state index contributed by atoms with van der Waals surface area (Å²) in [5.41, 5.74) is 1.04. The van der Waals surface area contributed by atoms with E-state index in [1.54, 1.807) is 0 Å². The second-order valence-corrected chi connectivity index (χ2v) is 14.8. The van der Waals surface area contributed by atoms with Crippen molar-refractivity contribution in [3.63, 3.8) is 0 Å². The summed E-state index contributed by atoms with van der Waals surface area (Å²) in [6, 6.07) is 29.7. The van der Waals surface area contributed by atoms with E-state index in [9.17, 15) is 0 Å². The molecule has 0 N–H and O–H groups in total. The van der Waals surface area contributed by atoms with Gasteiger partial charge in [-0.25, -0.2) is 0 Å². The molecule has 1 aliphatic heterocycles. The molecule has 0 unspecified atom stereocenters. The number of benzene rings is 3. The maximum absolute atomic E-state index is 6.98. The molecule has 2 nitrogen and oxygen atoms in total. The van der Waals surface area contributed by atoms with Crippen LogP contribution in [0.25, 0.3) is 0 Å². The summed E-state index contributed by atoms with van der Waals surface area (Å²) in [5.74, 6) is 6.52. The molecular weight excluding hydrogens is 488 g/mol. The highest BCUT2D eigenvalue weighted by atomic mass is 79.9. The number of hydrogen-bond donors (Lipinski definition) is 0. The summed E-state index contributed by atoms with van der Waals surface area (Å²) in [6.07, 6.45) is 2.16. The first-order valence-corrected chi connectivity index (χ1v) is 14.3. The topological polar surface area (TPSA) is 21.8 Å². The molecule has 1 aliphatic rings. The molecule has 0 aliphatic carbocycles. The highest BCUT2D eigenvalue weighted by Gasteiger charge is 2.51. The number of rotatable bonds is 7. The predicted octanol–water partition coefficient (Wildman–Crippen LogP) is 5.92. The molecule has 0 radical (unpaired) electrons. The van der Waals surface area contributed by atoms with Crippen LogP contribution in [0.2, 0.25) is 5.04 Å². The molecule has 4 rings (SSSR count). The van der Waals surface area contributed by atoms with E-state index in [4.69, 9.17) is 9.16 Å². The van der Waals surface area contributed by atoms with Crippen LogP contribution in [0.4, 0.5) is 0 Å². The molecule has 3 aromatic carbocycles. The van der Waals surface area contributed by atoms with E-state index in [0.29, 0.717) is 6.61 Å². The molecule has 1 saturated heterocycles. The zero-order chi connectivity index (χ0) is 23.3. The van der Waals surface area contributed by atoms with Crippen LogP contribution >= 0.6 is 15.9 Å². The van der Waals surface area contributed by atoms with Crippen LogP contribution in [0.15, 0.2) is 89.4 Å². The number of ether oxygens (including phenoxy) is 1. The Labute approximate surface area is 207 Å². The van der Waals surface area contributed by atoms with Gasteiger partial charge in [-0.15, -0.1) is 0 Å². The maximum Gasteiger partial charge on any atom is 0.261 e. The van der Waals surface area contributed by atoms with Gasteiger partial charge < -0.3 is 9.16 Å². The summed E-state index contributed by atoms with van der Waals surface area (Å²) >= 11 is 3.46. The molecule has 1 heterocycles. The molecule has 0 saturated carbocycles. The molecule has 1 fully saturated rings. The first kappa shape index (κ1) is 24.0. The minimum Gasteiger partial charge on any atom is -0.405 e. The first-order valence-electron chi connectivity index (χ1n) is 11.5. The fraction of sp³-hybridized carbons (Fsp3) is 0.310. The Morgan fingerprint density at radius 2 is 1.42 bits per heavy atom. The fourth-order valence-corrected chi connectivity index (χ4v) is 9.29. The minimum atomic E-state index is -2.50. The van der Waals surface area contributed by atoms with Crippen molar-refractivity contribution in [1.82, 2.24) is 0 Å². The molecular formula is C29H31BrO2Si. The Morgan fingerprint density at radius 3 is 1.97 bits per heavy atom. The Kier molecular flexibility index (Phi) is 7.56. The quantitative estimate of drug-likeness (QED) is 0.220. The average molecular weight is 520 g/mol.